The fourth-order valence-corrected chi connectivity index (χ4v) is 3.25. The number of rotatable bonds is 8. The molecule has 0 atom stereocenters. The number of carbonyl (C=O) groups excluding carboxylic acids is 2. The number of benzene rings is 2. The lowest BCUT2D eigenvalue weighted by atomic mass is 10.0. The Labute approximate surface area is 148 Å². The number of hydrogen-bond acceptors (Lipinski definition) is 3. The Kier molecular flexibility index (Phi) is 5.61. The highest BCUT2D eigenvalue weighted by molar-refractivity contribution is 5.99. The van der Waals surface area contributed by atoms with Crippen LogP contribution in [0, 0.1) is 0 Å². The van der Waals surface area contributed by atoms with Crippen LogP contribution in [0.25, 0.3) is 11.1 Å². The Morgan fingerprint density at radius 3 is 2.56 bits per heavy atom. The number of carbonyl (C=O) groups is 2. The molecule has 1 aliphatic heterocycles. The summed E-state index contributed by atoms with van der Waals surface area (Å²) in [4.78, 5) is 25.5. The number of aliphatic hydroxyl groups is 1. The summed E-state index contributed by atoms with van der Waals surface area (Å²) in [7, 11) is 0. The third-order valence-corrected chi connectivity index (χ3v) is 4.65. The van der Waals surface area contributed by atoms with Gasteiger partial charge in [-0.25, -0.2) is 0 Å². The topological polar surface area (TPSA) is 57.6 Å². The van der Waals surface area contributed by atoms with Crippen molar-refractivity contribution < 1.29 is 14.7 Å². The van der Waals surface area contributed by atoms with E-state index in [1.165, 1.54) is 0 Å². The van der Waals surface area contributed by atoms with Crippen LogP contribution in [0.15, 0.2) is 48.5 Å². The first-order chi connectivity index (χ1) is 12.2. The lowest BCUT2D eigenvalue weighted by Gasteiger charge is -2.15. The van der Waals surface area contributed by atoms with Crippen molar-refractivity contribution in [3.8, 4) is 11.1 Å². The van der Waals surface area contributed by atoms with Crippen molar-refractivity contribution in [2.45, 2.75) is 32.2 Å². The molecule has 4 heteroatoms. The third kappa shape index (κ3) is 4.15. The molecule has 1 aliphatic rings. The molecule has 3 rings (SSSR count). The second-order valence-electron chi connectivity index (χ2n) is 6.47. The van der Waals surface area contributed by atoms with Gasteiger partial charge in [0, 0.05) is 25.1 Å². The minimum atomic E-state index is -0.371. The highest BCUT2D eigenvalue weighted by Gasteiger charge is 2.26. The molecular weight excluding hydrogens is 314 g/mol. The van der Waals surface area contributed by atoms with Crippen molar-refractivity contribution in [2.24, 2.45) is 0 Å². The van der Waals surface area contributed by atoms with Gasteiger partial charge in [-0.1, -0.05) is 42.8 Å². The van der Waals surface area contributed by atoms with Gasteiger partial charge in [-0.2, -0.15) is 0 Å². The second kappa shape index (κ2) is 8.08. The highest BCUT2D eigenvalue weighted by Crippen LogP contribution is 2.28. The summed E-state index contributed by atoms with van der Waals surface area (Å²) >= 11 is 0. The second-order valence-corrected chi connectivity index (χ2v) is 6.47. The molecule has 0 aromatic heterocycles. The van der Waals surface area contributed by atoms with Crippen molar-refractivity contribution >= 4 is 11.7 Å². The number of Topliss-reactive ketones (excluding diaryl/α,β-unsaturated/α-hetero) is 1. The fourth-order valence-electron chi connectivity index (χ4n) is 3.25. The molecule has 25 heavy (non-hydrogen) atoms. The van der Waals surface area contributed by atoms with Crippen LogP contribution in [-0.4, -0.2) is 34.8 Å². The van der Waals surface area contributed by atoms with E-state index in [0.29, 0.717) is 19.5 Å². The lowest BCUT2D eigenvalue weighted by molar-refractivity contribution is -0.121. The quantitative estimate of drug-likeness (QED) is 0.751. The predicted octanol–water partition coefficient (Wildman–Crippen LogP) is 3.43. The fraction of sp³-hybridized carbons (Fsp3) is 0.333. The summed E-state index contributed by atoms with van der Waals surface area (Å²) in [6, 6.07) is 16.2. The molecular formula is C21H23NO3. The maximum absolute atomic E-state index is 12.5. The number of nitrogens with zero attached hydrogens (tertiary/aromatic N) is 1. The average molecular weight is 337 g/mol. The van der Waals surface area contributed by atoms with Gasteiger partial charge in [-0.05, 0) is 41.7 Å². The predicted molar refractivity (Wildman–Crippen MR) is 97.2 cm³/mol. The van der Waals surface area contributed by atoms with E-state index in [9.17, 15) is 9.59 Å². The average Bonchev–Trinajstić information content (AvgIpc) is 2.97. The minimum absolute atomic E-state index is 0.0982. The van der Waals surface area contributed by atoms with Gasteiger partial charge in [0.1, 0.15) is 6.61 Å². The van der Waals surface area contributed by atoms with E-state index in [-0.39, 0.29) is 18.3 Å². The monoisotopic (exact) mass is 337 g/mol. The van der Waals surface area contributed by atoms with Gasteiger partial charge in [0.15, 0.2) is 5.78 Å². The Bertz CT molecular complexity index is 755. The molecule has 4 nitrogen and oxygen atoms in total. The molecule has 2 aromatic rings. The third-order valence-electron chi connectivity index (χ3n) is 4.65. The van der Waals surface area contributed by atoms with E-state index in [1.807, 2.05) is 35.2 Å². The van der Waals surface area contributed by atoms with Gasteiger partial charge in [0.2, 0.25) is 0 Å². The molecule has 0 aliphatic carbocycles. The summed E-state index contributed by atoms with van der Waals surface area (Å²) in [5, 5.41) is 8.70. The number of unbranched alkanes of at least 4 members (excludes halogenated alkanes) is 2. The van der Waals surface area contributed by atoms with Gasteiger partial charge in [0.05, 0.1) is 0 Å². The van der Waals surface area contributed by atoms with Gasteiger partial charge >= 0.3 is 0 Å². The molecule has 0 radical (unpaired) electrons. The number of ketones is 1. The summed E-state index contributed by atoms with van der Waals surface area (Å²) in [5.74, 6) is -0.0147. The maximum atomic E-state index is 12.5. The zero-order valence-electron chi connectivity index (χ0n) is 14.3. The molecule has 0 saturated heterocycles. The Morgan fingerprint density at radius 2 is 1.80 bits per heavy atom. The maximum Gasteiger partial charge on any atom is 0.254 e. The zero-order valence-corrected chi connectivity index (χ0v) is 14.3. The standard InChI is InChI=1S/C21H23NO3/c23-15-19(24)9-5-2-6-12-22-14-18-13-17(10-11-20(18)21(22)25)16-7-3-1-4-8-16/h1,3-4,7-8,10-11,13,23H,2,5-6,9,12,14-15H2. The van der Waals surface area contributed by atoms with Gasteiger partial charge in [0.25, 0.3) is 5.91 Å². The van der Waals surface area contributed by atoms with Crippen LogP contribution in [-0.2, 0) is 11.3 Å². The van der Waals surface area contributed by atoms with E-state index in [2.05, 4.69) is 18.2 Å². The van der Waals surface area contributed by atoms with Crippen LogP contribution < -0.4 is 0 Å². The van der Waals surface area contributed by atoms with Crippen LogP contribution in [0.3, 0.4) is 0 Å². The van der Waals surface area contributed by atoms with Crippen LogP contribution >= 0.6 is 0 Å². The highest BCUT2D eigenvalue weighted by atomic mass is 16.3. The van der Waals surface area contributed by atoms with Crippen molar-refractivity contribution in [1.29, 1.82) is 0 Å². The zero-order chi connectivity index (χ0) is 17.6. The summed E-state index contributed by atoms with van der Waals surface area (Å²) in [5.41, 5.74) is 4.18. The number of amides is 1. The SMILES string of the molecule is O=C(CO)CCCCCN1Cc2cc(-c3ccccc3)ccc2C1=O. The van der Waals surface area contributed by atoms with Crippen LogP contribution in [0.2, 0.25) is 0 Å². The van der Waals surface area contributed by atoms with Gasteiger partial charge in [-0.3, -0.25) is 9.59 Å². The van der Waals surface area contributed by atoms with Crippen LogP contribution in [0.4, 0.5) is 0 Å². The Morgan fingerprint density at radius 1 is 1.00 bits per heavy atom. The summed E-state index contributed by atoms with van der Waals surface area (Å²) in [6.45, 7) is 0.996. The number of aliphatic hydroxyl groups excluding tert-OH is 1. The largest absolute Gasteiger partial charge is 0.389 e. The molecule has 0 unspecified atom stereocenters. The normalized spacial score (nSPS) is 13.2. The summed E-state index contributed by atoms with van der Waals surface area (Å²) in [6.07, 6.45) is 2.96. The van der Waals surface area contributed by atoms with Crippen molar-refractivity contribution in [3.63, 3.8) is 0 Å². The Balaban J connectivity index is 1.57. The van der Waals surface area contributed by atoms with Crippen molar-refractivity contribution in [3.05, 3.63) is 59.7 Å². The van der Waals surface area contributed by atoms with Gasteiger partial charge < -0.3 is 10.0 Å². The van der Waals surface area contributed by atoms with Crippen LogP contribution in [0.5, 0.6) is 0 Å². The molecule has 0 fully saturated rings. The van der Waals surface area contributed by atoms with Crippen LogP contribution in [0.1, 0.15) is 41.6 Å². The molecule has 1 amide bonds. The molecule has 0 spiro atoms. The molecule has 0 bridgehead atoms. The van der Waals surface area contributed by atoms with E-state index >= 15 is 0 Å². The minimum Gasteiger partial charge on any atom is -0.389 e. The number of fused-ring (bicyclic) bond motifs is 1. The van der Waals surface area contributed by atoms with E-state index < -0.39 is 0 Å². The first-order valence-corrected chi connectivity index (χ1v) is 8.79. The van der Waals surface area contributed by atoms with E-state index in [4.69, 9.17) is 5.11 Å². The Hall–Kier alpha value is -2.46. The smallest absolute Gasteiger partial charge is 0.254 e. The lowest BCUT2D eigenvalue weighted by Crippen LogP contribution is -2.24. The number of hydrogen-bond donors (Lipinski definition) is 1. The first kappa shape index (κ1) is 17.4. The molecule has 1 heterocycles. The summed E-state index contributed by atoms with van der Waals surface area (Å²) < 4.78 is 0. The van der Waals surface area contributed by atoms with Gasteiger partial charge in [-0.15, -0.1) is 0 Å². The van der Waals surface area contributed by atoms with Crippen molar-refractivity contribution in [2.75, 3.05) is 13.2 Å². The molecule has 130 valence electrons. The molecule has 2 aromatic carbocycles. The van der Waals surface area contributed by atoms with E-state index in [1.54, 1.807) is 0 Å². The molecule has 1 N–H and O–H groups in total. The first-order valence-electron chi connectivity index (χ1n) is 8.79. The molecule has 0 saturated carbocycles. The van der Waals surface area contributed by atoms with E-state index in [0.717, 1.165) is 41.5 Å². The van der Waals surface area contributed by atoms with Crippen molar-refractivity contribution in [1.82, 2.24) is 4.90 Å².